The second kappa shape index (κ2) is 7.14. The molecule has 0 aliphatic carbocycles. The van der Waals surface area contributed by atoms with E-state index in [0.29, 0.717) is 30.3 Å². The molecule has 0 heterocycles. The van der Waals surface area contributed by atoms with E-state index in [2.05, 4.69) is 0 Å². The second-order valence-electron chi connectivity index (χ2n) is 3.38. The maximum absolute atomic E-state index is 11.2. The molecule has 0 unspecified atom stereocenters. The number of esters is 1. The topological polar surface area (TPSA) is 61.5 Å². The van der Waals surface area contributed by atoms with E-state index in [9.17, 15) is 4.79 Å². The maximum atomic E-state index is 11.2. The fourth-order valence-corrected chi connectivity index (χ4v) is 1.57. The van der Waals surface area contributed by atoms with Crippen LogP contribution in [0, 0.1) is 0 Å². The summed E-state index contributed by atoms with van der Waals surface area (Å²) in [6.45, 7) is 2.49. The molecule has 5 heteroatoms. The number of benzene rings is 1. The van der Waals surface area contributed by atoms with E-state index in [4.69, 9.17) is 26.8 Å². The molecule has 0 saturated carbocycles. The van der Waals surface area contributed by atoms with Crippen LogP contribution in [0.5, 0.6) is 5.75 Å². The summed E-state index contributed by atoms with van der Waals surface area (Å²) in [7, 11) is 0. The second-order valence-corrected chi connectivity index (χ2v) is 3.82. The van der Waals surface area contributed by atoms with Crippen molar-refractivity contribution in [2.75, 3.05) is 19.8 Å². The summed E-state index contributed by atoms with van der Waals surface area (Å²) < 4.78 is 10.1. The lowest BCUT2D eigenvalue weighted by Crippen LogP contribution is -2.15. The van der Waals surface area contributed by atoms with E-state index >= 15 is 0 Å². The Kier molecular flexibility index (Phi) is 5.80. The van der Waals surface area contributed by atoms with E-state index in [1.54, 1.807) is 25.1 Å². The fraction of sp³-hybridized carbons (Fsp3) is 0.417. The minimum absolute atomic E-state index is 0.104. The van der Waals surface area contributed by atoms with Crippen LogP contribution in [-0.4, -0.2) is 25.7 Å². The van der Waals surface area contributed by atoms with Gasteiger partial charge in [-0.1, -0.05) is 11.6 Å². The van der Waals surface area contributed by atoms with Gasteiger partial charge in [0.2, 0.25) is 0 Å². The highest BCUT2D eigenvalue weighted by Gasteiger charge is 2.07. The van der Waals surface area contributed by atoms with Crippen molar-refractivity contribution in [2.24, 2.45) is 5.73 Å². The number of rotatable bonds is 6. The van der Waals surface area contributed by atoms with Crippen LogP contribution >= 0.6 is 11.6 Å². The van der Waals surface area contributed by atoms with Crippen LogP contribution in [-0.2, 0) is 16.0 Å². The normalized spacial score (nSPS) is 10.1. The molecule has 0 atom stereocenters. The van der Waals surface area contributed by atoms with Crippen LogP contribution in [0.3, 0.4) is 0 Å². The van der Waals surface area contributed by atoms with Crippen LogP contribution in [0.4, 0.5) is 0 Å². The van der Waals surface area contributed by atoms with Gasteiger partial charge in [-0.3, -0.25) is 0 Å². The van der Waals surface area contributed by atoms with Crippen molar-refractivity contribution >= 4 is 17.6 Å². The largest absolute Gasteiger partial charge is 0.482 e. The first kappa shape index (κ1) is 13.8. The molecular weight excluding hydrogens is 242 g/mol. The molecule has 1 rings (SSSR count). The van der Waals surface area contributed by atoms with Crippen molar-refractivity contribution in [3.05, 3.63) is 28.8 Å². The molecule has 0 amide bonds. The van der Waals surface area contributed by atoms with Gasteiger partial charge < -0.3 is 15.2 Å². The molecule has 0 aromatic heterocycles. The number of hydrogen-bond acceptors (Lipinski definition) is 4. The summed E-state index contributed by atoms with van der Waals surface area (Å²) in [4.78, 5) is 11.2. The molecule has 1 aromatic rings. The zero-order valence-electron chi connectivity index (χ0n) is 9.74. The van der Waals surface area contributed by atoms with Gasteiger partial charge >= 0.3 is 5.97 Å². The van der Waals surface area contributed by atoms with Gasteiger partial charge in [0.25, 0.3) is 0 Å². The molecule has 2 N–H and O–H groups in total. The molecule has 17 heavy (non-hydrogen) atoms. The highest BCUT2D eigenvalue weighted by molar-refractivity contribution is 6.30. The molecule has 0 aliphatic rings. The van der Waals surface area contributed by atoms with E-state index in [1.165, 1.54) is 0 Å². The number of ether oxygens (including phenoxy) is 2. The van der Waals surface area contributed by atoms with E-state index in [0.717, 1.165) is 5.56 Å². The summed E-state index contributed by atoms with van der Waals surface area (Å²) in [6.07, 6.45) is 0.652. The summed E-state index contributed by atoms with van der Waals surface area (Å²) >= 11 is 5.88. The average molecular weight is 258 g/mol. The Hall–Kier alpha value is -1.26. The lowest BCUT2D eigenvalue weighted by Gasteiger charge is -2.10. The summed E-state index contributed by atoms with van der Waals surface area (Å²) in [5, 5.41) is 0.622. The van der Waals surface area contributed by atoms with Crippen molar-refractivity contribution in [3.63, 3.8) is 0 Å². The zero-order valence-corrected chi connectivity index (χ0v) is 10.5. The Bertz CT molecular complexity index is 382. The third kappa shape index (κ3) is 4.63. The number of carbonyl (C=O) groups excluding carboxylic acids is 1. The molecule has 0 spiro atoms. The Morgan fingerprint density at radius 1 is 1.47 bits per heavy atom. The minimum Gasteiger partial charge on any atom is -0.482 e. The van der Waals surface area contributed by atoms with Crippen LogP contribution < -0.4 is 10.5 Å². The summed E-state index contributed by atoms with van der Waals surface area (Å²) in [6, 6.07) is 5.23. The van der Waals surface area contributed by atoms with Crippen molar-refractivity contribution < 1.29 is 14.3 Å². The predicted octanol–water partition coefficient (Wildman–Crippen LogP) is 1.78. The van der Waals surface area contributed by atoms with Crippen molar-refractivity contribution in [2.45, 2.75) is 13.3 Å². The highest BCUT2D eigenvalue weighted by Crippen LogP contribution is 2.23. The lowest BCUT2D eigenvalue weighted by atomic mass is 10.1. The number of halogens is 1. The first-order chi connectivity index (χ1) is 8.17. The first-order valence-corrected chi connectivity index (χ1v) is 5.82. The van der Waals surface area contributed by atoms with E-state index in [1.807, 2.05) is 0 Å². The Morgan fingerprint density at radius 2 is 2.24 bits per heavy atom. The molecule has 0 radical (unpaired) electrons. The van der Waals surface area contributed by atoms with Crippen LogP contribution in [0.1, 0.15) is 12.5 Å². The minimum atomic E-state index is -0.388. The molecule has 0 aliphatic heterocycles. The predicted molar refractivity (Wildman–Crippen MR) is 66.3 cm³/mol. The van der Waals surface area contributed by atoms with Gasteiger partial charge in [0.1, 0.15) is 5.75 Å². The van der Waals surface area contributed by atoms with Crippen molar-refractivity contribution in [1.29, 1.82) is 0 Å². The van der Waals surface area contributed by atoms with Crippen LogP contribution in [0.25, 0.3) is 0 Å². The monoisotopic (exact) mass is 257 g/mol. The van der Waals surface area contributed by atoms with Gasteiger partial charge in [0.05, 0.1) is 6.61 Å². The lowest BCUT2D eigenvalue weighted by molar-refractivity contribution is -0.145. The Labute approximate surface area is 106 Å². The van der Waals surface area contributed by atoms with Crippen molar-refractivity contribution in [1.82, 2.24) is 0 Å². The van der Waals surface area contributed by atoms with Gasteiger partial charge in [-0.2, -0.15) is 0 Å². The van der Waals surface area contributed by atoms with Gasteiger partial charge in [-0.05, 0) is 43.7 Å². The van der Waals surface area contributed by atoms with Gasteiger partial charge in [-0.25, -0.2) is 4.79 Å². The number of hydrogen-bond donors (Lipinski definition) is 1. The molecule has 0 fully saturated rings. The zero-order chi connectivity index (χ0) is 12.7. The standard InChI is InChI=1S/C12H16ClNO3/c1-2-16-12(15)8-17-11-4-3-10(13)7-9(11)5-6-14/h3-4,7H,2,5-6,8,14H2,1H3. The average Bonchev–Trinajstić information content (AvgIpc) is 2.29. The van der Waals surface area contributed by atoms with Crippen LogP contribution in [0.2, 0.25) is 5.02 Å². The molecule has 4 nitrogen and oxygen atoms in total. The maximum Gasteiger partial charge on any atom is 0.344 e. The third-order valence-electron chi connectivity index (χ3n) is 2.09. The summed E-state index contributed by atoms with van der Waals surface area (Å²) in [5.74, 6) is 0.231. The van der Waals surface area contributed by atoms with E-state index in [-0.39, 0.29) is 12.6 Å². The van der Waals surface area contributed by atoms with Crippen molar-refractivity contribution in [3.8, 4) is 5.75 Å². The molecule has 1 aromatic carbocycles. The first-order valence-electron chi connectivity index (χ1n) is 5.44. The molecule has 0 saturated heterocycles. The SMILES string of the molecule is CCOC(=O)COc1ccc(Cl)cc1CCN. The Balaban J connectivity index is 2.66. The highest BCUT2D eigenvalue weighted by atomic mass is 35.5. The molecule has 94 valence electrons. The smallest absolute Gasteiger partial charge is 0.344 e. The van der Waals surface area contributed by atoms with Gasteiger partial charge in [0, 0.05) is 5.02 Å². The van der Waals surface area contributed by atoms with E-state index < -0.39 is 0 Å². The number of carbonyl (C=O) groups is 1. The fourth-order valence-electron chi connectivity index (χ4n) is 1.38. The molecule has 0 bridgehead atoms. The third-order valence-corrected chi connectivity index (χ3v) is 2.32. The van der Waals surface area contributed by atoms with Gasteiger partial charge in [0.15, 0.2) is 6.61 Å². The summed E-state index contributed by atoms with van der Waals surface area (Å²) in [5.41, 5.74) is 6.39. The molecular formula is C12H16ClNO3. The van der Waals surface area contributed by atoms with Crippen LogP contribution in [0.15, 0.2) is 18.2 Å². The van der Waals surface area contributed by atoms with Gasteiger partial charge in [-0.15, -0.1) is 0 Å². The Morgan fingerprint density at radius 3 is 2.88 bits per heavy atom. The number of nitrogens with two attached hydrogens (primary N) is 1. The quantitative estimate of drug-likeness (QED) is 0.789.